The van der Waals surface area contributed by atoms with Crippen LogP contribution < -0.4 is 0 Å². The number of fused-ring (bicyclic) bond motifs is 5. The Balaban J connectivity index is 1.34. The molecule has 0 aliphatic heterocycles. The van der Waals surface area contributed by atoms with E-state index in [2.05, 4.69) is 55.5 Å². The second-order valence-electron chi connectivity index (χ2n) is 13.6. The first-order chi connectivity index (χ1) is 16.8. The molecule has 0 N–H and O–H groups in total. The summed E-state index contributed by atoms with van der Waals surface area (Å²) in [6.45, 7) is 14.3. The molecule has 4 aliphatic rings. The second kappa shape index (κ2) is 9.55. The Kier molecular flexibility index (Phi) is 6.93. The molecule has 4 saturated carbocycles. The van der Waals surface area contributed by atoms with E-state index in [-0.39, 0.29) is 0 Å². The Bertz CT molecular complexity index is 956. The lowest BCUT2D eigenvalue weighted by atomic mass is 9.38. The first-order valence-corrected chi connectivity index (χ1v) is 14.7. The average molecular weight is 479 g/mol. The first kappa shape index (κ1) is 25.4. The zero-order chi connectivity index (χ0) is 24.8. The number of methoxy groups -OCH3 is 1. The van der Waals surface area contributed by atoms with Crippen LogP contribution in [-0.4, -0.2) is 23.5 Å². The normalized spacial score (nSPS) is 43.4. The lowest BCUT2D eigenvalue weighted by molar-refractivity contribution is -0.177. The zero-order valence-corrected chi connectivity index (χ0v) is 23.4. The molecule has 3 nitrogen and oxygen atoms in total. The molecule has 1 heterocycles. The Labute approximate surface area is 215 Å². The molecule has 9 atom stereocenters. The zero-order valence-electron chi connectivity index (χ0n) is 23.4. The SMILES string of the molecule is CC#Cc1cnn(CC(C)C2CCC3C4CCC5(C)CC(COC)CCC5(CC)C4CCC23C)c1. The lowest BCUT2D eigenvalue weighted by Gasteiger charge is -2.66. The summed E-state index contributed by atoms with van der Waals surface area (Å²) in [7, 11) is 1.89. The van der Waals surface area contributed by atoms with E-state index in [1.807, 2.05) is 20.2 Å². The first-order valence-electron chi connectivity index (χ1n) is 14.7. The topological polar surface area (TPSA) is 27.1 Å². The van der Waals surface area contributed by atoms with Gasteiger partial charge in [-0.25, -0.2) is 0 Å². The molecule has 0 aromatic carbocycles. The van der Waals surface area contributed by atoms with Gasteiger partial charge in [0.25, 0.3) is 0 Å². The number of hydrogen-bond donors (Lipinski definition) is 0. The molecule has 0 bridgehead atoms. The number of ether oxygens (including phenoxy) is 1. The number of nitrogens with zero attached hydrogens (tertiary/aromatic N) is 2. The lowest BCUT2D eigenvalue weighted by Crippen LogP contribution is -2.59. The number of rotatable bonds is 6. The maximum Gasteiger partial charge on any atom is 0.0646 e. The molecule has 194 valence electrons. The number of hydrogen-bond acceptors (Lipinski definition) is 2. The number of aromatic nitrogens is 2. The third-order valence-electron chi connectivity index (χ3n) is 12.3. The molecule has 3 heteroatoms. The minimum absolute atomic E-state index is 0.510. The highest BCUT2D eigenvalue weighted by molar-refractivity contribution is 5.28. The predicted octanol–water partition coefficient (Wildman–Crippen LogP) is 7.59. The van der Waals surface area contributed by atoms with Gasteiger partial charge in [-0.15, -0.1) is 5.92 Å². The van der Waals surface area contributed by atoms with Crippen LogP contribution in [0.5, 0.6) is 0 Å². The van der Waals surface area contributed by atoms with Gasteiger partial charge in [-0.2, -0.15) is 5.10 Å². The molecule has 0 spiro atoms. The smallest absolute Gasteiger partial charge is 0.0646 e. The van der Waals surface area contributed by atoms with Crippen LogP contribution in [0.15, 0.2) is 12.4 Å². The molecular weight excluding hydrogens is 428 g/mol. The monoisotopic (exact) mass is 478 g/mol. The molecule has 0 amide bonds. The van der Waals surface area contributed by atoms with Gasteiger partial charge in [0, 0.05) is 26.5 Å². The van der Waals surface area contributed by atoms with Crippen LogP contribution in [0.2, 0.25) is 0 Å². The summed E-state index contributed by atoms with van der Waals surface area (Å²) in [6.07, 6.45) is 18.4. The van der Waals surface area contributed by atoms with Crippen LogP contribution in [0.3, 0.4) is 0 Å². The molecule has 0 radical (unpaired) electrons. The van der Waals surface area contributed by atoms with Crippen molar-refractivity contribution in [1.82, 2.24) is 9.78 Å². The van der Waals surface area contributed by atoms with E-state index >= 15 is 0 Å². The third-order valence-corrected chi connectivity index (χ3v) is 12.3. The molecule has 4 aliphatic carbocycles. The summed E-state index contributed by atoms with van der Waals surface area (Å²) in [5, 5.41) is 4.64. The van der Waals surface area contributed by atoms with Gasteiger partial charge in [0.1, 0.15) is 0 Å². The summed E-state index contributed by atoms with van der Waals surface area (Å²) in [5.41, 5.74) is 2.64. The van der Waals surface area contributed by atoms with E-state index in [9.17, 15) is 0 Å². The molecule has 0 saturated heterocycles. The average Bonchev–Trinajstić information content (AvgIpc) is 3.42. The predicted molar refractivity (Wildman–Crippen MR) is 144 cm³/mol. The van der Waals surface area contributed by atoms with E-state index in [1.165, 1.54) is 64.2 Å². The fourth-order valence-electron chi connectivity index (χ4n) is 10.9. The second-order valence-corrected chi connectivity index (χ2v) is 13.6. The van der Waals surface area contributed by atoms with Crippen molar-refractivity contribution < 1.29 is 4.74 Å². The van der Waals surface area contributed by atoms with Crippen molar-refractivity contribution in [3.05, 3.63) is 18.0 Å². The van der Waals surface area contributed by atoms with E-state index in [1.54, 1.807) is 0 Å². The Hall–Kier alpha value is -1.27. The van der Waals surface area contributed by atoms with Gasteiger partial charge in [-0.05, 0) is 123 Å². The molecule has 1 aromatic heterocycles. The van der Waals surface area contributed by atoms with Crippen molar-refractivity contribution in [2.75, 3.05) is 13.7 Å². The van der Waals surface area contributed by atoms with Gasteiger partial charge in [-0.3, -0.25) is 4.68 Å². The third kappa shape index (κ3) is 4.02. The van der Waals surface area contributed by atoms with Crippen molar-refractivity contribution in [2.24, 2.45) is 51.8 Å². The van der Waals surface area contributed by atoms with Gasteiger partial charge >= 0.3 is 0 Å². The van der Waals surface area contributed by atoms with E-state index in [0.29, 0.717) is 22.2 Å². The molecule has 5 rings (SSSR count). The molecule has 1 aromatic rings. The summed E-state index contributed by atoms with van der Waals surface area (Å²) < 4.78 is 7.78. The van der Waals surface area contributed by atoms with Crippen LogP contribution in [0, 0.1) is 63.6 Å². The highest BCUT2D eigenvalue weighted by atomic mass is 16.5. The Morgan fingerprint density at radius 1 is 1.11 bits per heavy atom. The van der Waals surface area contributed by atoms with Gasteiger partial charge in [-0.1, -0.05) is 33.6 Å². The largest absolute Gasteiger partial charge is 0.384 e. The van der Waals surface area contributed by atoms with E-state index in [0.717, 1.165) is 48.3 Å². The summed E-state index contributed by atoms with van der Waals surface area (Å²) in [4.78, 5) is 0. The van der Waals surface area contributed by atoms with Crippen molar-refractivity contribution in [3.63, 3.8) is 0 Å². The minimum atomic E-state index is 0.510. The van der Waals surface area contributed by atoms with Crippen LogP contribution in [-0.2, 0) is 11.3 Å². The van der Waals surface area contributed by atoms with Crippen molar-refractivity contribution in [2.45, 2.75) is 105 Å². The molecular formula is C32H50N2O. The fourth-order valence-corrected chi connectivity index (χ4v) is 10.9. The molecule has 4 fully saturated rings. The van der Waals surface area contributed by atoms with Gasteiger partial charge in [0.05, 0.1) is 11.8 Å². The van der Waals surface area contributed by atoms with Gasteiger partial charge < -0.3 is 4.74 Å². The fraction of sp³-hybridized carbons (Fsp3) is 0.844. The highest BCUT2D eigenvalue weighted by Gasteiger charge is 2.64. The van der Waals surface area contributed by atoms with Crippen LogP contribution in [0.4, 0.5) is 0 Å². The van der Waals surface area contributed by atoms with Crippen molar-refractivity contribution in [3.8, 4) is 11.8 Å². The Morgan fingerprint density at radius 3 is 2.69 bits per heavy atom. The summed E-state index contributed by atoms with van der Waals surface area (Å²) in [5.74, 6) is 11.3. The van der Waals surface area contributed by atoms with E-state index in [4.69, 9.17) is 4.74 Å². The highest BCUT2D eigenvalue weighted by Crippen LogP contribution is 2.72. The van der Waals surface area contributed by atoms with E-state index < -0.39 is 0 Å². The minimum Gasteiger partial charge on any atom is -0.384 e. The van der Waals surface area contributed by atoms with Gasteiger partial charge in [0.15, 0.2) is 0 Å². The van der Waals surface area contributed by atoms with Crippen molar-refractivity contribution in [1.29, 1.82) is 0 Å². The maximum atomic E-state index is 5.63. The Morgan fingerprint density at radius 2 is 1.94 bits per heavy atom. The van der Waals surface area contributed by atoms with Crippen LogP contribution in [0.1, 0.15) is 104 Å². The maximum absolute atomic E-state index is 5.63. The van der Waals surface area contributed by atoms with Crippen molar-refractivity contribution >= 4 is 0 Å². The standard InChI is InChI=1S/C32H50N2O/c1-7-9-25-19-33-34(21-25)20-23(3)27-10-11-28-26-13-15-30(4)18-24(22-35-6)12-17-32(30,8-2)29(26)14-16-31(27,28)5/h19,21,23-24,26-29H,8,10-18,20,22H2,1-6H3. The van der Waals surface area contributed by atoms with Gasteiger partial charge in [0.2, 0.25) is 0 Å². The van der Waals surface area contributed by atoms with Crippen LogP contribution in [0.25, 0.3) is 0 Å². The summed E-state index contributed by atoms with van der Waals surface area (Å²) in [6, 6.07) is 0. The molecule has 9 unspecified atom stereocenters. The quantitative estimate of drug-likeness (QED) is 0.394. The summed E-state index contributed by atoms with van der Waals surface area (Å²) >= 11 is 0. The molecule has 35 heavy (non-hydrogen) atoms. The van der Waals surface area contributed by atoms with Crippen LogP contribution >= 0.6 is 0 Å².